The highest BCUT2D eigenvalue weighted by Crippen LogP contribution is 2.27. The van der Waals surface area contributed by atoms with Crippen molar-refractivity contribution in [2.75, 3.05) is 0 Å². The van der Waals surface area contributed by atoms with Crippen LogP contribution in [0.15, 0.2) is 42.6 Å². The summed E-state index contributed by atoms with van der Waals surface area (Å²) in [6, 6.07) is 7.51. The van der Waals surface area contributed by atoms with Crippen molar-refractivity contribution in [3.63, 3.8) is 0 Å². The number of rotatable bonds is 4. The molecular weight excluding hydrogens is 292 g/mol. The van der Waals surface area contributed by atoms with Crippen LogP contribution in [-0.2, 0) is 7.05 Å². The lowest BCUT2D eigenvalue weighted by atomic mass is 9.89. The van der Waals surface area contributed by atoms with Gasteiger partial charge in [-0.2, -0.15) is 0 Å². The smallest absolute Gasteiger partial charge is 0.354 e. The third-order valence-electron chi connectivity index (χ3n) is 4.27. The van der Waals surface area contributed by atoms with Crippen LogP contribution in [0.4, 0.5) is 0 Å². The third kappa shape index (κ3) is 2.95. The Kier molecular flexibility index (Phi) is 4.10. The molecule has 1 aliphatic carbocycles. The molecule has 0 aliphatic heterocycles. The zero-order chi connectivity index (χ0) is 16.4. The zero-order valence-electron chi connectivity index (χ0n) is 12.9. The summed E-state index contributed by atoms with van der Waals surface area (Å²) < 4.78 is 1.31. The molecule has 0 fully saturated rings. The summed E-state index contributed by atoms with van der Waals surface area (Å²) in [5.74, 6) is -0.823. The van der Waals surface area contributed by atoms with Crippen LogP contribution < -0.4 is 0 Å². The number of ketones is 1. The monoisotopic (exact) mass is 310 g/mol. The summed E-state index contributed by atoms with van der Waals surface area (Å²) in [6.45, 7) is 0. The molecule has 1 N–H and O–H groups in total. The number of aromatic carboxylic acids is 1. The molecule has 2 aromatic rings. The SMILES string of the molecule is Cn1c(C(=O)O)cnc1C(=O)c1ccc(C2C=CCCC2)cc1. The minimum Gasteiger partial charge on any atom is -0.477 e. The Morgan fingerprint density at radius 1 is 1.26 bits per heavy atom. The van der Waals surface area contributed by atoms with E-state index in [1.807, 2.05) is 12.1 Å². The molecule has 1 unspecified atom stereocenters. The number of benzene rings is 1. The molecule has 23 heavy (non-hydrogen) atoms. The van der Waals surface area contributed by atoms with Crippen molar-refractivity contribution in [3.8, 4) is 0 Å². The lowest BCUT2D eigenvalue weighted by Gasteiger charge is -2.16. The molecule has 0 amide bonds. The van der Waals surface area contributed by atoms with E-state index in [0.29, 0.717) is 11.5 Å². The number of hydrogen-bond donors (Lipinski definition) is 1. The Bertz CT molecular complexity index is 772. The Morgan fingerprint density at radius 3 is 2.57 bits per heavy atom. The van der Waals surface area contributed by atoms with Crippen molar-refractivity contribution in [1.29, 1.82) is 0 Å². The predicted molar refractivity (Wildman–Crippen MR) is 85.8 cm³/mol. The molecule has 0 bridgehead atoms. The lowest BCUT2D eigenvalue weighted by molar-refractivity contribution is 0.0686. The number of allylic oxidation sites excluding steroid dienone is 2. The molecule has 1 atom stereocenters. The molecular formula is C18H18N2O3. The molecule has 1 aromatic carbocycles. The van der Waals surface area contributed by atoms with Gasteiger partial charge in [-0.1, -0.05) is 36.4 Å². The average molecular weight is 310 g/mol. The zero-order valence-corrected chi connectivity index (χ0v) is 12.9. The standard InChI is InChI=1S/C18H18N2O3/c1-20-15(18(22)23)11-19-17(20)16(21)14-9-7-13(8-10-14)12-5-3-2-4-6-12/h3,5,7-12H,2,4,6H2,1H3,(H,22,23). The molecule has 1 aromatic heterocycles. The van der Waals surface area contributed by atoms with Gasteiger partial charge in [-0.3, -0.25) is 4.79 Å². The van der Waals surface area contributed by atoms with E-state index in [1.54, 1.807) is 12.1 Å². The second-order valence-corrected chi connectivity index (χ2v) is 5.75. The maximum atomic E-state index is 12.5. The van der Waals surface area contributed by atoms with Gasteiger partial charge in [0.25, 0.3) is 0 Å². The molecule has 0 saturated heterocycles. The first-order chi connectivity index (χ1) is 11.1. The van der Waals surface area contributed by atoms with E-state index < -0.39 is 5.97 Å². The third-order valence-corrected chi connectivity index (χ3v) is 4.27. The maximum Gasteiger partial charge on any atom is 0.354 e. The van der Waals surface area contributed by atoms with Gasteiger partial charge in [0.1, 0.15) is 5.69 Å². The summed E-state index contributed by atoms with van der Waals surface area (Å²) in [4.78, 5) is 27.5. The van der Waals surface area contributed by atoms with Gasteiger partial charge in [0, 0.05) is 18.5 Å². The molecule has 5 heteroatoms. The molecule has 0 radical (unpaired) electrons. The number of aromatic nitrogens is 2. The van der Waals surface area contributed by atoms with E-state index in [0.717, 1.165) is 12.8 Å². The highest BCUT2D eigenvalue weighted by atomic mass is 16.4. The fraction of sp³-hybridized carbons (Fsp3) is 0.278. The van der Waals surface area contributed by atoms with Crippen molar-refractivity contribution in [2.24, 2.45) is 7.05 Å². The number of imidazole rings is 1. The Balaban J connectivity index is 1.84. The molecule has 0 spiro atoms. The van der Waals surface area contributed by atoms with Crippen LogP contribution in [0.1, 0.15) is 57.4 Å². The lowest BCUT2D eigenvalue weighted by Crippen LogP contribution is -2.12. The summed E-state index contributed by atoms with van der Waals surface area (Å²) >= 11 is 0. The van der Waals surface area contributed by atoms with Crippen LogP contribution in [0.3, 0.4) is 0 Å². The molecule has 1 aliphatic rings. The number of carboxylic acids is 1. The van der Waals surface area contributed by atoms with Gasteiger partial charge >= 0.3 is 5.97 Å². The summed E-state index contributed by atoms with van der Waals surface area (Å²) in [5.41, 5.74) is 1.71. The van der Waals surface area contributed by atoms with Crippen LogP contribution in [0.2, 0.25) is 0 Å². The number of carbonyl (C=O) groups excluding carboxylic acids is 1. The average Bonchev–Trinajstić information content (AvgIpc) is 2.97. The van der Waals surface area contributed by atoms with E-state index in [2.05, 4.69) is 17.1 Å². The molecule has 0 saturated carbocycles. The number of carbonyl (C=O) groups is 2. The Morgan fingerprint density at radius 2 is 2.00 bits per heavy atom. The van der Waals surface area contributed by atoms with Crippen LogP contribution in [-0.4, -0.2) is 26.4 Å². The normalized spacial score (nSPS) is 17.2. The summed E-state index contributed by atoms with van der Waals surface area (Å²) in [7, 11) is 1.53. The topological polar surface area (TPSA) is 72.2 Å². The van der Waals surface area contributed by atoms with Gasteiger partial charge in [0.05, 0.1) is 6.20 Å². The number of hydrogen-bond acceptors (Lipinski definition) is 3. The van der Waals surface area contributed by atoms with Crippen molar-refractivity contribution >= 4 is 11.8 Å². The van der Waals surface area contributed by atoms with Crippen LogP contribution in [0.5, 0.6) is 0 Å². The molecule has 1 heterocycles. The largest absolute Gasteiger partial charge is 0.477 e. The summed E-state index contributed by atoms with van der Waals surface area (Å²) in [6.07, 6.45) is 9.08. The number of carboxylic acid groups (broad SMARTS) is 1. The van der Waals surface area contributed by atoms with E-state index >= 15 is 0 Å². The first-order valence-corrected chi connectivity index (χ1v) is 7.64. The quantitative estimate of drug-likeness (QED) is 0.695. The second-order valence-electron chi connectivity index (χ2n) is 5.75. The fourth-order valence-corrected chi connectivity index (χ4v) is 2.92. The van der Waals surface area contributed by atoms with Crippen molar-refractivity contribution in [2.45, 2.75) is 25.2 Å². The first-order valence-electron chi connectivity index (χ1n) is 7.64. The predicted octanol–water partition coefficient (Wildman–Crippen LogP) is 3.17. The van der Waals surface area contributed by atoms with Crippen LogP contribution >= 0.6 is 0 Å². The van der Waals surface area contributed by atoms with E-state index in [1.165, 1.54) is 29.8 Å². The van der Waals surface area contributed by atoms with E-state index in [9.17, 15) is 9.59 Å². The fourth-order valence-electron chi connectivity index (χ4n) is 2.92. The first kappa shape index (κ1) is 15.2. The molecule has 5 nitrogen and oxygen atoms in total. The minimum absolute atomic E-state index is 0.00249. The number of nitrogens with zero attached hydrogens (tertiary/aromatic N) is 2. The van der Waals surface area contributed by atoms with Gasteiger partial charge in [-0.05, 0) is 24.8 Å². The maximum absolute atomic E-state index is 12.5. The highest BCUT2D eigenvalue weighted by molar-refractivity contribution is 6.07. The van der Waals surface area contributed by atoms with Gasteiger partial charge in [-0.15, -0.1) is 0 Å². The van der Waals surface area contributed by atoms with Crippen LogP contribution in [0, 0.1) is 0 Å². The van der Waals surface area contributed by atoms with Gasteiger partial charge in [-0.25, -0.2) is 9.78 Å². The Labute approximate surface area is 134 Å². The van der Waals surface area contributed by atoms with Crippen LogP contribution in [0.25, 0.3) is 0 Å². The Hall–Kier alpha value is -2.69. The molecule has 118 valence electrons. The second kappa shape index (κ2) is 6.20. The van der Waals surface area contributed by atoms with Gasteiger partial charge in [0.15, 0.2) is 5.82 Å². The van der Waals surface area contributed by atoms with Crippen molar-refractivity contribution in [1.82, 2.24) is 9.55 Å². The van der Waals surface area contributed by atoms with E-state index in [-0.39, 0.29) is 17.3 Å². The highest BCUT2D eigenvalue weighted by Gasteiger charge is 2.20. The molecule has 3 rings (SSSR count). The summed E-state index contributed by atoms with van der Waals surface area (Å²) in [5, 5.41) is 9.03. The van der Waals surface area contributed by atoms with E-state index in [4.69, 9.17) is 5.11 Å². The van der Waals surface area contributed by atoms with Gasteiger partial charge < -0.3 is 9.67 Å². The van der Waals surface area contributed by atoms with Crippen molar-refractivity contribution in [3.05, 3.63) is 65.3 Å². The minimum atomic E-state index is -1.10. The van der Waals surface area contributed by atoms with Gasteiger partial charge in [0.2, 0.25) is 5.78 Å². The van der Waals surface area contributed by atoms with Crippen molar-refractivity contribution < 1.29 is 14.7 Å².